The van der Waals surface area contributed by atoms with E-state index in [9.17, 15) is 0 Å². The van der Waals surface area contributed by atoms with Gasteiger partial charge in [0.25, 0.3) is 0 Å². The summed E-state index contributed by atoms with van der Waals surface area (Å²) in [5.41, 5.74) is 6.71. The maximum Gasteiger partial charge on any atom is 0.0438 e. The molecule has 0 bridgehead atoms. The first-order valence-corrected chi connectivity index (χ1v) is 5.07. The van der Waals surface area contributed by atoms with E-state index < -0.39 is 0 Å². The standard InChI is InChI=1S/C12H19N/c1-6-11-9(4)8(3)10(5)13-12(11)7-2/h6-7H2,1-5H3. The molecule has 0 aromatic carbocycles. The van der Waals surface area contributed by atoms with Crippen molar-refractivity contribution in [3.8, 4) is 0 Å². The highest BCUT2D eigenvalue weighted by atomic mass is 14.7. The van der Waals surface area contributed by atoms with Gasteiger partial charge in [0.05, 0.1) is 0 Å². The Balaban J connectivity index is 3.39. The normalized spacial score (nSPS) is 10.5. The summed E-state index contributed by atoms with van der Waals surface area (Å²) in [6.45, 7) is 10.9. The average Bonchev–Trinajstić information content (AvgIpc) is 2.13. The average molecular weight is 177 g/mol. The summed E-state index contributed by atoms with van der Waals surface area (Å²) in [5.74, 6) is 0. The van der Waals surface area contributed by atoms with Gasteiger partial charge in [-0.3, -0.25) is 4.98 Å². The van der Waals surface area contributed by atoms with E-state index in [4.69, 9.17) is 0 Å². The van der Waals surface area contributed by atoms with Gasteiger partial charge in [0.2, 0.25) is 0 Å². The van der Waals surface area contributed by atoms with Gasteiger partial charge < -0.3 is 0 Å². The highest BCUT2D eigenvalue weighted by Gasteiger charge is 2.08. The van der Waals surface area contributed by atoms with Crippen molar-refractivity contribution in [3.63, 3.8) is 0 Å². The molecule has 0 aliphatic rings. The Kier molecular flexibility index (Phi) is 3.07. The lowest BCUT2D eigenvalue weighted by molar-refractivity contribution is 0.916. The molecule has 0 aliphatic heterocycles. The first kappa shape index (κ1) is 10.2. The Morgan fingerprint density at radius 3 is 2.00 bits per heavy atom. The van der Waals surface area contributed by atoms with Gasteiger partial charge in [0, 0.05) is 11.4 Å². The van der Waals surface area contributed by atoms with Crippen LogP contribution in [0.25, 0.3) is 0 Å². The molecule has 13 heavy (non-hydrogen) atoms. The lowest BCUT2D eigenvalue weighted by Crippen LogP contribution is -2.03. The van der Waals surface area contributed by atoms with Crippen LogP contribution in [0.2, 0.25) is 0 Å². The number of rotatable bonds is 2. The lowest BCUT2D eigenvalue weighted by atomic mass is 9.98. The van der Waals surface area contributed by atoms with E-state index in [1.807, 2.05) is 0 Å². The second kappa shape index (κ2) is 3.91. The quantitative estimate of drug-likeness (QED) is 0.676. The largest absolute Gasteiger partial charge is 0.258 e. The maximum atomic E-state index is 4.62. The summed E-state index contributed by atoms with van der Waals surface area (Å²) in [6.07, 6.45) is 2.15. The van der Waals surface area contributed by atoms with Gasteiger partial charge in [-0.2, -0.15) is 0 Å². The summed E-state index contributed by atoms with van der Waals surface area (Å²) in [6, 6.07) is 0. The third kappa shape index (κ3) is 1.74. The van der Waals surface area contributed by atoms with Crippen LogP contribution < -0.4 is 0 Å². The van der Waals surface area contributed by atoms with Gasteiger partial charge >= 0.3 is 0 Å². The highest BCUT2D eigenvalue weighted by molar-refractivity contribution is 5.38. The molecule has 0 aliphatic carbocycles. The third-order valence-electron chi connectivity index (χ3n) is 2.90. The molecule has 1 nitrogen and oxygen atoms in total. The molecule has 1 heteroatoms. The van der Waals surface area contributed by atoms with Crippen LogP contribution in [-0.2, 0) is 12.8 Å². The fraction of sp³-hybridized carbons (Fsp3) is 0.583. The molecule has 1 rings (SSSR count). The van der Waals surface area contributed by atoms with Gasteiger partial charge in [-0.1, -0.05) is 13.8 Å². The Hall–Kier alpha value is -0.850. The number of hydrogen-bond donors (Lipinski definition) is 0. The maximum absolute atomic E-state index is 4.62. The molecule has 0 fully saturated rings. The second-order valence-electron chi connectivity index (χ2n) is 3.58. The van der Waals surface area contributed by atoms with Gasteiger partial charge in [-0.05, 0) is 50.3 Å². The number of hydrogen-bond acceptors (Lipinski definition) is 1. The van der Waals surface area contributed by atoms with Gasteiger partial charge in [-0.25, -0.2) is 0 Å². The fourth-order valence-corrected chi connectivity index (χ4v) is 1.83. The van der Waals surface area contributed by atoms with Gasteiger partial charge in [0.1, 0.15) is 0 Å². The minimum absolute atomic E-state index is 1.05. The van der Waals surface area contributed by atoms with Crippen molar-refractivity contribution >= 4 is 0 Å². The number of aromatic nitrogens is 1. The van der Waals surface area contributed by atoms with Crippen molar-refractivity contribution in [2.45, 2.75) is 47.5 Å². The van der Waals surface area contributed by atoms with Crippen LogP contribution in [0.4, 0.5) is 0 Å². The Morgan fingerprint density at radius 1 is 0.923 bits per heavy atom. The summed E-state index contributed by atoms with van der Waals surface area (Å²) < 4.78 is 0. The highest BCUT2D eigenvalue weighted by Crippen LogP contribution is 2.19. The van der Waals surface area contributed by atoms with Crippen LogP contribution in [0.3, 0.4) is 0 Å². The fourth-order valence-electron chi connectivity index (χ4n) is 1.83. The van der Waals surface area contributed by atoms with E-state index in [0.717, 1.165) is 12.8 Å². The number of nitrogens with zero attached hydrogens (tertiary/aromatic N) is 1. The van der Waals surface area contributed by atoms with Crippen molar-refractivity contribution in [3.05, 3.63) is 28.1 Å². The Morgan fingerprint density at radius 2 is 1.54 bits per heavy atom. The molecule has 0 radical (unpaired) electrons. The first-order chi connectivity index (χ1) is 6.11. The Labute approximate surface area is 81.2 Å². The number of pyridine rings is 1. The van der Waals surface area contributed by atoms with E-state index in [2.05, 4.69) is 39.6 Å². The zero-order valence-corrected chi connectivity index (χ0v) is 9.36. The first-order valence-electron chi connectivity index (χ1n) is 5.07. The predicted octanol–water partition coefficient (Wildman–Crippen LogP) is 3.13. The molecule has 0 amide bonds. The zero-order valence-electron chi connectivity index (χ0n) is 9.36. The van der Waals surface area contributed by atoms with Crippen molar-refractivity contribution in [2.75, 3.05) is 0 Å². The number of aryl methyl sites for hydroxylation is 2. The minimum atomic E-state index is 1.05. The van der Waals surface area contributed by atoms with Crippen molar-refractivity contribution in [1.82, 2.24) is 4.98 Å². The molecular formula is C12H19N. The van der Waals surface area contributed by atoms with Crippen LogP contribution in [0.1, 0.15) is 41.9 Å². The molecule has 0 spiro atoms. The zero-order chi connectivity index (χ0) is 10.0. The molecule has 72 valence electrons. The van der Waals surface area contributed by atoms with Crippen LogP contribution in [0.15, 0.2) is 0 Å². The molecule has 0 unspecified atom stereocenters. The molecule has 0 saturated heterocycles. The summed E-state index contributed by atoms with van der Waals surface area (Å²) in [5, 5.41) is 0. The smallest absolute Gasteiger partial charge is 0.0438 e. The summed E-state index contributed by atoms with van der Waals surface area (Å²) >= 11 is 0. The van der Waals surface area contributed by atoms with E-state index in [1.165, 1.54) is 28.1 Å². The van der Waals surface area contributed by atoms with E-state index >= 15 is 0 Å². The van der Waals surface area contributed by atoms with E-state index in [1.54, 1.807) is 0 Å². The predicted molar refractivity (Wildman–Crippen MR) is 57.2 cm³/mol. The van der Waals surface area contributed by atoms with E-state index in [-0.39, 0.29) is 0 Å². The summed E-state index contributed by atoms with van der Waals surface area (Å²) in [7, 11) is 0. The van der Waals surface area contributed by atoms with Crippen molar-refractivity contribution < 1.29 is 0 Å². The SMILES string of the molecule is CCc1nc(C)c(C)c(C)c1CC. The van der Waals surface area contributed by atoms with Gasteiger partial charge in [-0.15, -0.1) is 0 Å². The molecule has 0 atom stereocenters. The second-order valence-corrected chi connectivity index (χ2v) is 3.58. The molecule has 0 N–H and O–H groups in total. The molecule has 1 aromatic rings. The molecule has 1 heterocycles. The van der Waals surface area contributed by atoms with Crippen molar-refractivity contribution in [1.29, 1.82) is 0 Å². The van der Waals surface area contributed by atoms with Crippen LogP contribution >= 0.6 is 0 Å². The molecular weight excluding hydrogens is 158 g/mol. The van der Waals surface area contributed by atoms with Crippen molar-refractivity contribution in [2.24, 2.45) is 0 Å². The topological polar surface area (TPSA) is 12.9 Å². The van der Waals surface area contributed by atoms with Gasteiger partial charge in [0.15, 0.2) is 0 Å². The minimum Gasteiger partial charge on any atom is -0.258 e. The molecule has 0 saturated carbocycles. The third-order valence-corrected chi connectivity index (χ3v) is 2.90. The Bertz CT molecular complexity index is 313. The van der Waals surface area contributed by atoms with E-state index in [0.29, 0.717) is 0 Å². The lowest BCUT2D eigenvalue weighted by Gasteiger charge is -2.13. The summed E-state index contributed by atoms with van der Waals surface area (Å²) in [4.78, 5) is 4.62. The monoisotopic (exact) mass is 177 g/mol. The van der Waals surface area contributed by atoms with Crippen LogP contribution in [0.5, 0.6) is 0 Å². The molecule has 1 aromatic heterocycles. The van der Waals surface area contributed by atoms with Crippen LogP contribution in [-0.4, -0.2) is 4.98 Å². The van der Waals surface area contributed by atoms with Crippen LogP contribution in [0, 0.1) is 20.8 Å².